The largest absolute Gasteiger partial charge is 0.490 e. The van der Waals surface area contributed by atoms with E-state index in [0.717, 1.165) is 11.3 Å². The molecule has 0 aliphatic carbocycles. The maximum absolute atomic E-state index is 12.0. The molecule has 0 saturated heterocycles. The number of aromatic nitrogens is 2. The molecule has 0 fully saturated rings. The molecule has 0 atom stereocenters. The molecule has 0 aliphatic rings. The molecule has 0 aliphatic heterocycles. The van der Waals surface area contributed by atoms with Crippen LogP contribution in [0.1, 0.15) is 11.3 Å². The second kappa shape index (κ2) is 7.61. The smallest absolute Gasteiger partial charge is 0.312 e. The van der Waals surface area contributed by atoms with Crippen LogP contribution in [0.4, 0.5) is 0 Å². The van der Waals surface area contributed by atoms with Crippen LogP contribution in [0.3, 0.4) is 0 Å². The van der Waals surface area contributed by atoms with Crippen molar-refractivity contribution in [3.63, 3.8) is 0 Å². The summed E-state index contributed by atoms with van der Waals surface area (Å²) in [4.78, 5) is 23.7. The predicted molar refractivity (Wildman–Crippen MR) is 93.7 cm³/mol. The Labute approximate surface area is 144 Å². The SMILES string of the molecule is Cc1cccc(OCCOC(=O)Cc2n[nH]c(=O)c3ccccc23)c1. The first-order chi connectivity index (χ1) is 12.1. The van der Waals surface area contributed by atoms with Gasteiger partial charge in [0.1, 0.15) is 19.0 Å². The van der Waals surface area contributed by atoms with Gasteiger partial charge in [0.25, 0.3) is 5.56 Å². The van der Waals surface area contributed by atoms with E-state index in [1.54, 1.807) is 24.3 Å². The van der Waals surface area contributed by atoms with Crippen molar-refractivity contribution in [2.75, 3.05) is 13.2 Å². The van der Waals surface area contributed by atoms with E-state index < -0.39 is 5.97 Å². The molecule has 6 nitrogen and oxygen atoms in total. The number of ether oxygens (including phenoxy) is 2. The molecule has 1 N–H and O–H groups in total. The molecule has 2 aromatic carbocycles. The lowest BCUT2D eigenvalue weighted by molar-refractivity contribution is -0.143. The lowest BCUT2D eigenvalue weighted by Crippen LogP contribution is -2.17. The number of esters is 1. The van der Waals surface area contributed by atoms with E-state index >= 15 is 0 Å². The van der Waals surface area contributed by atoms with Crippen LogP contribution in [-0.4, -0.2) is 29.4 Å². The molecule has 25 heavy (non-hydrogen) atoms. The van der Waals surface area contributed by atoms with Gasteiger partial charge in [-0.15, -0.1) is 0 Å². The van der Waals surface area contributed by atoms with Gasteiger partial charge in [-0.3, -0.25) is 9.59 Å². The van der Waals surface area contributed by atoms with Gasteiger partial charge in [-0.1, -0.05) is 30.3 Å². The maximum atomic E-state index is 12.0. The summed E-state index contributed by atoms with van der Waals surface area (Å²) < 4.78 is 10.7. The molecule has 3 aromatic rings. The number of carbonyl (C=O) groups excluding carboxylic acids is 1. The third-order valence-electron chi connectivity index (χ3n) is 3.69. The summed E-state index contributed by atoms with van der Waals surface area (Å²) in [7, 11) is 0. The van der Waals surface area contributed by atoms with Crippen molar-refractivity contribution in [3.8, 4) is 5.75 Å². The Bertz CT molecular complexity index is 949. The lowest BCUT2D eigenvalue weighted by atomic mass is 10.1. The zero-order valence-corrected chi connectivity index (χ0v) is 13.8. The molecular formula is C19H18N2O4. The summed E-state index contributed by atoms with van der Waals surface area (Å²) in [5.74, 6) is 0.321. The van der Waals surface area contributed by atoms with E-state index in [1.807, 2.05) is 31.2 Å². The van der Waals surface area contributed by atoms with Gasteiger partial charge in [-0.25, -0.2) is 5.10 Å². The average Bonchev–Trinajstić information content (AvgIpc) is 2.61. The molecule has 6 heteroatoms. The summed E-state index contributed by atoms with van der Waals surface area (Å²) in [6.45, 7) is 2.40. The first-order valence-corrected chi connectivity index (χ1v) is 7.95. The summed E-state index contributed by atoms with van der Waals surface area (Å²) >= 11 is 0. The van der Waals surface area contributed by atoms with Gasteiger partial charge in [0, 0.05) is 5.39 Å². The number of hydrogen-bond donors (Lipinski definition) is 1. The van der Waals surface area contributed by atoms with Crippen molar-refractivity contribution in [1.82, 2.24) is 10.2 Å². The van der Waals surface area contributed by atoms with E-state index in [0.29, 0.717) is 16.5 Å². The first kappa shape index (κ1) is 16.7. The molecule has 0 saturated carbocycles. The zero-order chi connectivity index (χ0) is 17.6. The number of fused-ring (bicyclic) bond motifs is 1. The number of hydrogen-bond acceptors (Lipinski definition) is 5. The van der Waals surface area contributed by atoms with Gasteiger partial charge in [0.2, 0.25) is 0 Å². The van der Waals surface area contributed by atoms with Crippen molar-refractivity contribution < 1.29 is 14.3 Å². The van der Waals surface area contributed by atoms with Crippen LogP contribution >= 0.6 is 0 Å². The number of aryl methyl sites for hydroxylation is 1. The van der Waals surface area contributed by atoms with E-state index in [4.69, 9.17) is 9.47 Å². The minimum absolute atomic E-state index is 0.0122. The van der Waals surface area contributed by atoms with E-state index in [2.05, 4.69) is 10.2 Å². The van der Waals surface area contributed by atoms with Gasteiger partial charge >= 0.3 is 5.97 Å². The van der Waals surface area contributed by atoms with Gasteiger partial charge in [0.05, 0.1) is 17.5 Å². The Morgan fingerprint density at radius 3 is 2.68 bits per heavy atom. The fraction of sp³-hybridized carbons (Fsp3) is 0.211. The van der Waals surface area contributed by atoms with E-state index in [-0.39, 0.29) is 25.2 Å². The molecule has 3 rings (SSSR count). The average molecular weight is 338 g/mol. The lowest BCUT2D eigenvalue weighted by Gasteiger charge is -2.08. The highest BCUT2D eigenvalue weighted by atomic mass is 16.6. The van der Waals surface area contributed by atoms with Gasteiger partial charge in [0.15, 0.2) is 0 Å². The summed E-state index contributed by atoms with van der Waals surface area (Å²) in [5, 5.41) is 7.52. The second-order valence-electron chi connectivity index (χ2n) is 5.61. The fourth-order valence-electron chi connectivity index (χ4n) is 2.51. The molecule has 1 heterocycles. The quantitative estimate of drug-likeness (QED) is 0.551. The standard InChI is InChI=1S/C19H18N2O4/c1-13-5-4-6-14(11-13)24-9-10-25-18(22)12-17-15-7-2-3-8-16(15)19(23)21-20-17/h2-8,11H,9-10,12H2,1H3,(H,21,23). The highest BCUT2D eigenvalue weighted by Gasteiger charge is 2.11. The minimum Gasteiger partial charge on any atom is -0.490 e. The molecule has 0 bridgehead atoms. The molecule has 0 radical (unpaired) electrons. The molecule has 128 valence electrons. The van der Waals surface area contributed by atoms with Crippen LogP contribution in [0.2, 0.25) is 0 Å². The van der Waals surface area contributed by atoms with Crippen LogP contribution in [-0.2, 0) is 16.0 Å². The Balaban J connectivity index is 1.55. The van der Waals surface area contributed by atoms with Crippen LogP contribution in [0.5, 0.6) is 5.75 Å². The highest BCUT2D eigenvalue weighted by molar-refractivity contribution is 5.86. The van der Waals surface area contributed by atoms with Gasteiger partial charge in [-0.05, 0) is 30.7 Å². The van der Waals surface area contributed by atoms with Gasteiger partial charge < -0.3 is 9.47 Å². The molecule has 1 aromatic heterocycles. The summed E-state index contributed by atoms with van der Waals surface area (Å²) in [5.41, 5.74) is 1.31. The number of benzene rings is 2. The third-order valence-corrected chi connectivity index (χ3v) is 3.69. The van der Waals surface area contributed by atoms with Crippen LogP contribution < -0.4 is 10.3 Å². The van der Waals surface area contributed by atoms with E-state index in [9.17, 15) is 9.59 Å². The Kier molecular flexibility index (Phi) is 5.09. The highest BCUT2D eigenvalue weighted by Crippen LogP contribution is 2.14. The van der Waals surface area contributed by atoms with Crippen LogP contribution in [0.15, 0.2) is 53.3 Å². The number of carbonyl (C=O) groups is 1. The monoisotopic (exact) mass is 338 g/mol. The van der Waals surface area contributed by atoms with Crippen molar-refractivity contribution in [2.45, 2.75) is 13.3 Å². The number of nitrogens with one attached hydrogen (secondary N) is 1. The molecule has 0 unspecified atom stereocenters. The molecule has 0 amide bonds. The molecule has 0 spiro atoms. The van der Waals surface area contributed by atoms with Crippen molar-refractivity contribution in [2.24, 2.45) is 0 Å². The normalized spacial score (nSPS) is 10.6. The Hall–Kier alpha value is -3.15. The third kappa shape index (κ3) is 4.23. The fourth-order valence-corrected chi connectivity index (χ4v) is 2.51. The summed E-state index contributed by atoms with van der Waals surface area (Å²) in [6.07, 6.45) is -0.0122. The number of nitrogens with zero attached hydrogens (tertiary/aromatic N) is 1. The number of aromatic amines is 1. The summed E-state index contributed by atoms with van der Waals surface area (Å²) in [6, 6.07) is 14.7. The minimum atomic E-state index is -0.419. The maximum Gasteiger partial charge on any atom is 0.312 e. The predicted octanol–water partition coefficient (Wildman–Crippen LogP) is 2.40. The van der Waals surface area contributed by atoms with Crippen molar-refractivity contribution in [3.05, 3.63) is 70.1 Å². The number of H-pyrrole nitrogens is 1. The van der Waals surface area contributed by atoms with Crippen molar-refractivity contribution in [1.29, 1.82) is 0 Å². The second-order valence-corrected chi connectivity index (χ2v) is 5.61. The number of rotatable bonds is 6. The topological polar surface area (TPSA) is 81.3 Å². The Morgan fingerprint density at radius 1 is 1.08 bits per heavy atom. The van der Waals surface area contributed by atoms with Crippen LogP contribution in [0, 0.1) is 6.92 Å². The molecular weight excluding hydrogens is 320 g/mol. The van der Waals surface area contributed by atoms with E-state index in [1.165, 1.54) is 0 Å². The van der Waals surface area contributed by atoms with Crippen LogP contribution in [0.25, 0.3) is 10.8 Å². The first-order valence-electron chi connectivity index (χ1n) is 7.95. The van der Waals surface area contributed by atoms with Gasteiger partial charge in [-0.2, -0.15) is 5.10 Å². The van der Waals surface area contributed by atoms with Crippen molar-refractivity contribution >= 4 is 16.7 Å². The Morgan fingerprint density at radius 2 is 1.88 bits per heavy atom. The zero-order valence-electron chi connectivity index (χ0n) is 13.8.